The number of rotatable bonds is 3. The van der Waals surface area contributed by atoms with E-state index < -0.39 is 12.1 Å². The zero-order chi connectivity index (χ0) is 23.4. The summed E-state index contributed by atoms with van der Waals surface area (Å²) < 4.78 is 43.8. The molecule has 2 aromatic rings. The Morgan fingerprint density at radius 2 is 2.03 bits per heavy atom. The van der Waals surface area contributed by atoms with Crippen LogP contribution in [0, 0.1) is 6.92 Å². The van der Waals surface area contributed by atoms with Crippen molar-refractivity contribution < 1.29 is 37.3 Å². The lowest BCUT2D eigenvalue weighted by Crippen LogP contribution is -2.36. The number of carbonyl (C=O) groups excluding carboxylic acids is 1. The molecule has 32 heavy (non-hydrogen) atoms. The summed E-state index contributed by atoms with van der Waals surface area (Å²) in [5.41, 5.74) is 1.58. The highest BCUT2D eigenvalue weighted by molar-refractivity contribution is 5.94. The minimum atomic E-state index is -5.08. The smallest absolute Gasteiger partial charge is 0.486 e. The van der Waals surface area contributed by atoms with E-state index in [9.17, 15) is 18.0 Å². The number of carboxylic acids is 1. The fraction of sp³-hybridized carbons (Fsp3) is 0.409. The van der Waals surface area contributed by atoms with Crippen LogP contribution in [0.3, 0.4) is 0 Å². The van der Waals surface area contributed by atoms with Crippen molar-refractivity contribution in [1.29, 1.82) is 0 Å². The van der Waals surface area contributed by atoms with Gasteiger partial charge in [-0.2, -0.15) is 13.2 Å². The monoisotopic (exact) mass is 452 g/mol. The van der Waals surface area contributed by atoms with Crippen LogP contribution in [0.25, 0.3) is 0 Å². The first-order valence-electron chi connectivity index (χ1n) is 9.95. The van der Waals surface area contributed by atoms with E-state index in [4.69, 9.17) is 19.4 Å². The Kier molecular flexibility index (Phi) is 7.02. The number of amides is 1. The van der Waals surface area contributed by atoms with Gasteiger partial charge in [0, 0.05) is 24.7 Å². The van der Waals surface area contributed by atoms with Gasteiger partial charge in [0.05, 0.1) is 24.9 Å². The summed E-state index contributed by atoms with van der Waals surface area (Å²) in [6.45, 7) is 3.92. The zero-order valence-corrected chi connectivity index (χ0v) is 17.3. The third kappa shape index (κ3) is 5.97. The van der Waals surface area contributed by atoms with Crippen molar-refractivity contribution in [2.75, 3.05) is 19.7 Å². The Hall–Kier alpha value is -3.14. The second-order valence-electron chi connectivity index (χ2n) is 7.78. The first-order chi connectivity index (χ1) is 15.1. The van der Waals surface area contributed by atoms with E-state index in [0.717, 1.165) is 36.3 Å². The van der Waals surface area contributed by atoms with Crippen LogP contribution in [-0.2, 0) is 9.53 Å². The molecule has 2 atom stereocenters. The molecule has 1 spiro atoms. The maximum atomic E-state index is 12.7. The van der Waals surface area contributed by atoms with Crippen LogP contribution in [0.5, 0.6) is 5.75 Å². The highest BCUT2D eigenvalue weighted by Gasteiger charge is 2.47. The largest absolute Gasteiger partial charge is 0.490 e. The Labute approximate surface area is 182 Å². The van der Waals surface area contributed by atoms with Gasteiger partial charge in [-0.25, -0.2) is 4.79 Å². The lowest BCUT2D eigenvalue weighted by atomic mass is 9.98. The number of hydrogen-bond acceptors (Lipinski definition) is 5. The van der Waals surface area contributed by atoms with Crippen LogP contribution < -0.4 is 4.74 Å². The number of carbonyl (C=O) groups is 2. The third-order valence-corrected chi connectivity index (χ3v) is 5.22. The molecular weight excluding hydrogens is 429 g/mol. The van der Waals surface area contributed by atoms with E-state index in [2.05, 4.69) is 4.98 Å². The number of aryl methyl sites for hydroxylation is 1. The molecule has 1 aromatic heterocycles. The van der Waals surface area contributed by atoms with Gasteiger partial charge in [-0.3, -0.25) is 9.78 Å². The molecule has 2 saturated heterocycles. The first kappa shape index (κ1) is 23.5. The molecule has 10 heteroatoms. The lowest BCUT2D eigenvalue weighted by molar-refractivity contribution is -0.192. The number of nitrogens with zero attached hydrogens (tertiary/aromatic N) is 2. The molecule has 0 bridgehead atoms. The fourth-order valence-corrected chi connectivity index (χ4v) is 3.75. The molecule has 2 unspecified atom stereocenters. The molecule has 0 aliphatic carbocycles. The van der Waals surface area contributed by atoms with Gasteiger partial charge in [0.2, 0.25) is 0 Å². The number of benzene rings is 1. The van der Waals surface area contributed by atoms with E-state index in [-0.39, 0.29) is 17.6 Å². The summed E-state index contributed by atoms with van der Waals surface area (Å²) in [5.74, 6) is -1.91. The number of likely N-dealkylation sites (tertiary alicyclic amines) is 1. The number of aliphatic carboxylic acids is 1. The predicted molar refractivity (Wildman–Crippen MR) is 107 cm³/mol. The molecule has 2 aliphatic heterocycles. The van der Waals surface area contributed by atoms with Crippen molar-refractivity contribution in [3.8, 4) is 5.75 Å². The molecule has 1 amide bonds. The molecule has 2 fully saturated rings. The van der Waals surface area contributed by atoms with E-state index in [0.29, 0.717) is 13.2 Å². The fourth-order valence-electron chi connectivity index (χ4n) is 3.75. The Bertz CT molecular complexity index is 954. The number of hydrogen-bond donors (Lipinski definition) is 1. The Morgan fingerprint density at radius 1 is 1.28 bits per heavy atom. The van der Waals surface area contributed by atoms with Gasteiger partial charge >= 0.3 is 12.1 Å². The van der Waals surface area contributed by atoms with Crippen molar-refractivity contribution >= 4 is 11.9 Å². The third-order valence-electron chi connectivity index (χ3n) is 5.22. The zero-order valence-electron chi connectivity index (χ0n) is 17.3. The van der Waals surface area contributed by atoms with Crippen molar-refractivity contribution in [2.45, 2.75) is 37.6 Å². The molecule has 1 N–H and O–H groups in total. The number of halogens is 3. The van der Waals surface area contributed by atoms with Gasteiger partial charge in [0.25, 0.3) is 5.91 Å². The van der Waals surface area contributed by atoms with Gasteiger partial charge in [-0.05, 0) is 37.6 Å². The SMILES string of the molecule is Cc1cccc(C(=O)N2CCC3(CC(Oc4cccnc4)CO3)C2)c1.O=C(O)C(F)(F)F. The number of ether oxygens (including phenoxy) is 2. The van der Waals surface area contributed by atoms with Gasteiger partial charge in [0.15, 0.2) is 0 Å². The van der Waals surface area contributed by atoms with Crippen LogP contribution in [0.1, 0.15) is 28.8 Å². The van der Waals surface area contributed by atoms with Crippen molar-refractivity contribution in [3.63, 3.8) is 0 Å². The average molecular weight is 452 g/mol. The standard InChI is InChI=1S/C20H22N2O3.C2HF3O2/c1-15-4-2-5-16(10-15)19(23)22-9-7-20(14-22)11-18(13-24-20)25-17-6-3-8-21-12-17;3-2(4,5)1(6)7/h2-6,8,10,12,18H,7,9,11,13-14H2,1H3;(H,6,7). The topological polar surface area (TPSA) is 89.0 Å². The van der Waals surface area contributed by atoms with Crippen LogP contribution in [-0.4, -0.2) is 64.4 Å². The highest BCUT2D eigenvalue weighted by Crippen LogP contribution is 2.37. The summed E-state index contributed by atoms with van der Waals surface area (Å²) in [4.78, 5) is 27.6. The van der Waals surface area contributed by atoms with Crippen molar-refractivity contribution in [3.05, 3.63) is 59.9 Å². The predicted octanol–water partition coefficient (Wildman–Crippen LogP) is 3.48. The molecule has 0 saturated carbocycles. The second-order valence-corrected chi connectivity index (χ2v) is 7.78. The van der Waals surface area contributed by atoms with Crippen LogP contribution in [0.15, 0.2) is 48.8 Å². The maximum absolute atomic E-state index is 12.7. The highest BCUT2D eigenvalue weighted by atomic mass is 19.4. The molecule has 4 rings (SSSR count). The number of pyridine rings is 1. The average Bonchev–Trinajstić information content (AvgIpc) is 3.34. The van der Waals surface area contributed by atoms with E-state index in [1.807, 2.05) is 48.2 Å². The minimum absolute atomic E-state index is 0.0122. The lowest BCUT2D eigenvalue weighted by Gasteiger charge is -2.23. The Balaban J connectivity index is 0.000000360. The number of alkyl halides is 3. The number of aromatic nitrogens is 1. The Morgan fingerprint density at radius 3 is 2.66 bits per heavy atom. The molecule has 1 aromatic carbocycles. The van der Waals surface area contributed by atoms with E-state index in [1.165, 1.54) is 0 Å². The summed E-state index contributed by atoms with van der Waals surface area (Å²) in [7, 11) is 0. The van der Waals surface area contributed by atoms with Crippen LogP contribution in [0.2, 0.25) is 0 Å². The van der Waals surface area contributed by atoms with Gasteiger partial charge in [-0.15, -0.1) is 0 Å². The molecule has 172 valence electrons. The maximum Gasteiger partial charge on any atom is 0.490 e. The molecular formula is C22H23F3N2O5. The first-order valence-corrected chi connectivity index (χ1v) is 9.95. The summed E-state index contributed by atoms with van der Waals surface area (Å²) in [5, 5.41) is 7.12. The summed E-state index contributed by atoms with van der Waals surface area (Å²) >= 11 is 0. The normalized spacial score (nSPS) is 22.4. The van der Waals surface area contributed by atoms with Crippen molar-refractivity contribution in [1.82, 2.24) is 9.88 Å². The van der Waals surface area contributed by atoms with E-state index >= 15 is 0 Å². The molecule has 7 nitrogen and oxygen atoms in total. The second kappa shape index (κ2) is 9.56. The van der Waals surface area contributed by atoms with Gasteiger partial charge in [-0.1, -0.05) is 17.7 Å². The van der Waals surface area contributed by atoms with Crippen LogP contribution >= 0.6 is 0 Å². The molecule has 0 radical (unpaired) electrons. The summed E-state index contributed by atoms with van der Waals surface area (Å²) in [6.07, 6.45) is 0.0355. The van der Waals surface area contributed by atoms with Crippen molar-refractivity contribution in [2.24, 2.45) is 0 Å². The number of carboxylic acid groups (broad SMARTS) is 1. The van der Waals surface area contributed by atoms with Crippen LogP contribution in [0.4, 0.5) is 13.2 Å². The molecule has 3 heterocycles. The van der Waals surface area contributed by atoms with Gasteiger partial charge < -0.3 is 19.5 Å². The molecule has 2 aliphatic rings. The minimum Gasteiger partial charge on any atom is -0.486 e. The quantitative estimate of drug-likeness (QED) is 0.767. The van der Waals surface area contributed by atoms with E-state index in [1.54, 1.807) is 12.4 Å². The van der Waals surface area contributed by atoms with Gasteiger partial charge in [0.1, 0.15) is 11.9 Å². The summed E-state index contributed by atoms with van der Waals surface area (Å²) in [6, 6.07) is 11.5.